The Morgan fingerprint density at radius 1 is 0.917 bits per heavy atom. The van der Waals surface area contributed by atoms with Crippen LogP contribution in [-0.4, -0.2) is 48.2 Å². The molecule has 0 spiro atoms. The van der Waals surface area contributed by atoms with Crippen molar-refractivity contribution >= 4 is 21.6 Å². The summed E-state index contributed by atoms with van der Waals surface area (Å²) >= 11 is 0. The van der Waals surface area contributed by atoms with Crippen molar-refractivity contribution in [2.24, 2.45) is 0 Å². The molecule has 0 aliphatic carbocycles. The van der Waals surface area contributed by atoms with Gasteiger partial charge >= 0.3 is 0 Å². The van der Waals surface area contributed by atoms with E-state index in [0.717, 1.165) is 22.0 Å². The number of amides is 1. The Hall–Kier alpha value is -3.72. The van der Waals surface area contributed by atoms with Gasteiger partial charge in [-0.3, -0.25) is 9.10 Å². The summed E-state index contributed by atoms with van der Waals surface area (Å²) in [6.07, 6.45) is 1.47. The molecule has 0 fully saturated rings. The number of rotatable bonds is 13. The third-order valence-electron chi connectivity index (χ3n) is 5.47. The molecule has 0 unspecified atom stereocenters. The molecular weight excluding hydrogens is 480 g/mol. The van der Waals surface area contributed by atoms with Crippen LogP contribution in [0.15, 0.2) is 77.7 Å². The number of carbonyl (C=O) groups excluding carboxylic acids is 1. The highest BCUT2D eigenvalue weighted by atomic mass is 32.2. The quantitative estimate of drug-likeness (QED) is 0.347. The summed E-state index contributed by atoms with van der Waals surface area (Å²) in [5, 5.41) is 2.83. The minimum absolute atomic E-state index is 0.0678. The van der Waals surface area contributed by atoms with E-state index in [0.29, 0.717) is 31.1 Å². The summed E-state index contributed by atoms with van der Waals surface area (Å²) < 4.78 is 44.3. The number of sulfonamides is 1. The van der Waals surface area contributed by atoms with E-state index in [-0.39, 0.29) is 10.6 Å². The summed E-state index contributed by atoms with van der Waals surface area (Å²) in [5.41, 5.74) is 1.34. The number of hydrogen-bond donors (Lipinski definition) is 1. The van der Waals surface area contributed by atoms with Crippen molar-refractivity contribution < 1.29 is 27.4 Å². The molecule has 3 rings (SSSR count). The van der Waals surface area contributed by atoms with E-state index in [1.807, 2.05) is 31.2 Å². The molecule has 192 valence electrons. The van der Waals surface area contributed by atoms with Crippen LogP contribution in [-0.2, 0) is 21.2 Å². The average Bonchev–Trinajstić information content (AvgIpc) is 2.91. The van der Waals surface area contributed by atoms with Crippen molar-refractivity contribution in [1.82, 2.24) is 5.32 Å². The molecule has 1 amide bonds. The van der Waals surface area contributed by atoms with Crippen LogP contribution in [0, 0.1) is 0 Å². The number of benzene rings is 3. The molecule has 3 aromatic carbocycles. The van der Waals surface area contributed by atoms with E-state index in [9.17, 15) is 13.2 Å². The van der Waals surface area contributed by atoms with Crippen LogP contribution in [0.1, 0.15) is 18.9 Å². The van der Waals surface area contributed by atoms with Gasteiger partial charge in [0.1, 0.15) is 23.8 Å². The second-order valence-electron chi connectivity index (χ2n) is 7.89. The van der Waals surface area contributed by atoms with E-state index in [1.165, 1.54) is 26.4 Å². The molecule has 0 atom stereocenters. The van der Waals surface area contributed by atoms with Crippen LogP contribution in [0.5, 0.6) is 17.2 Å². The molecule has 0 bridgehead atoms. The Bertz CT molecular complexity index is 1230. The van der Waals surface area contributed by atoms with Crippen LogP contribution in [0.3, 0.4) is 0 Å². The molecule has 9 heteroatoms. The van der Waals surface area contributed by atoms with Crippen LogP contribution in [0.25, 0.3) is 0 Å². The summed E-state index contributed by atoms with van der Waals surface area (Å²) in [6, 6.07) is 20.6. The van der Waals surface area contributed by atoms with Gasteiger partial charge in [0.15, 0.2) is 0 Å². The number of nitrogens with one attached hydrogen (secondary N) is 1. The lowest BCUT2D eigenvalue weighted by Crippen LogP contribution is -2.41. The zero-order valence-corrected chi connectivity index (χ0v) is 21.6. The number of hydrogen-bond acceptors (Lipinski definition) is 6. The minimum atomic E-state index is -4.06. The Morgan fingerprint density at radius 3 is 2.25 bits per heavy atom. The monoisotopic (exact) mass is 512 g/mol. The fourth-order valence-corrected chi connectivity index (χ4v) is 5.08. The molecule has 0 aromatic heterocycles. The number of ether oxygens (including phenoxy) is 3. The second-order valence-corrected chi connectivity index (χ2v) is 9.76. The summed E-state index contributed by atoms with van der Waals surface area (Å²) in [5.74, 6) is 1.14. The lowest BCUT2D eigenvalue weighted by atomic mass is 10.1. The van der Waals surface area contributed by atoms with Gasteiger partial charge in [-0.15, -0.1) is 0 Å². The maximum Gasteiger partial charge on any atom is 0.264 e. The maximum absolute atomic E-state index is 13.6. The zero-order valence-electron chi connectivity index (χ0n) is 20.8. The van der Waals surface area contributed by atoms with Gasteiger partial charge in [0.05, 0.1) is 31.4 Å². The largest absolute Gasteiger partial charge is 0.497 e. The topological polar surface area (TPSA) is 94.2 Å². The number of nitrogens with zero attached hydrogens (tertiary/aromatic N) is 1. The molecule has 8 nitrogen and oxygen atoms in total. The first-order chi connectivity index (χ1) is 17.4. The summed E-state index contributed by atoms with van der Waals surface area (Å²) in [6.45, 7) is 2.54. The van der Waals surface area contributed by atoms with E-state index < -0.39 is 22.5 Å². The van der Waals surface area contributed by atoms with Crippen LogP contribution >= 0.6 is 0 Å². The van der Waals surface area contributed by atoms with E-state index in [4.69, 9.17) is 14.2 Å². The molecule has 0 saturated carbocycles. The Morgan fingerprint density at radius 2 is 1.61 bits per heavy atom. The van der Waals surface area contributed by atoms with E-state index in [1.54, 1.807) is 36.4 Å². The molecule has 0 saturated heterocycles. The highest BCUT2D eigenvalue weighted by Gasteiger charge is 2.29. The Kier molecular flexibility index (Phi) is 9.58. The summed E-state index contributed by atoms with van der Waals surface area (Å²) in [7, 11) is -1.14. The highest BCUT2D eigenvalue weighted by Crippen LogP contribution is 2.35. The van der Waals surface area contributed by atoms with Crippen molar-refractivity contribution in [2.45, 2.75) is 24.7 Å². The molecule has 0 aliphatic rings. The second kappa shape index (κ2) is 12.8. The smallest absolute Gasteiger partial charge is 0.264 e. The van der Waals surface area contributed by atoms with Gasteiger partial charge in [-0.1, -0.05) is 30.3 Å². The Labute approximate surface area is 212 Å². The van der Waals surface area contributed by atoms with Crippen LogP contribution in [0.4, 0.5) is 5.69 Å². The molecule has 0 heterocycles. The molecule has 1 N–H and O–H groups in total. The van der Waals surface area contributed by atoms with Gasteiger partial charge in [0.25, 0.3) is 10.0 Å². The van der Waals surface area contributed by atoms with Gasteiger partial charge in [-0.05, 0) is 61.7 Å². The van der Waals surface area contributed by atoms with E-state index >= 15 is 0 Å². The first-order valence-corrected chi connectivity index (χ1v) is 13.1. The van der Waals surface area contributed by atoms with Gasteiger partial charge in [0, 0.05) is 12.6 Å². The normalized spacial score (nSPS) is 11.0. The number of aryl methyl sites for hydroxylation is 1. The predicted molar refractivity (Wildman–Crippen MR) is 139 cm³/mol. The average molecular weight is 513 g/mol. The third kappa shape index (κ3) is 6.91. The molecular formula is C27H32N2O6S. The Balaban J connectivity index is 1.73. The fourth-order valence-electron chi connectivity index (χ4n) is 3.64. The first-order valence-electron chi connectivity index (χ1n) is 11.7. The van der Waals surface area contributed by atoms with Crippen molar-refractivity contribution in [3.05, 3.63) is 78.4 Å². The van der Waals surface area contributed by atoms with Gasteiger partial charge in [0.2, 0.25) is 5.91 Å². The summed E-state index contributed by atoms with van der Waals surface area (Å²) in [4.78, 5) is 12.9. The predicted octanol–water partition coefficient (Wildman–Crippen LogP) is 4.05. The fraction of sp³-hybridized carbons (Fsp3) is 0.296. The molecule has 0 aliphatic heterocycles. The number of carbonyl (C=O) groups is 1. The lowest BCUT2D eigenvalue weighted by Gasteiger charge is -2.26. The first kappa shape index (κ1) is 26.9. The van der Waals surface area contributed by atoms with E-state index in [2.05, 4.69) is 5.32 Å². The SMILES string of the molecule is CCOc1ccc(CCCNC(=O)CN(c2cc(OC)ccc2OC)S(=O)(=O)c2ccccc2)cc1. The van der Waals surface area contributed by atoms with Crippen molar-refractivity contribution in [3.8, 4) is 17.2 Å². The standard InChI is InChI=1S/C27H32N2O6S/c1-4-35-22-14-12-21(13-15-22)9-8-18-28-27(30)20-29(36(31,32)24-10-6-5-7-11-24)25-19-23(33-2)16-17-26(25)34-3/h5-7,10-17,19H,4,8-9,18,20H2,1-3H3,(H,28,30). The lowest BCUT2D eigenvalue weighted by molar-refractivity contribution is -0.119. The molecule has 0 radical (unpaired) electrons. The van der Waals surface area contributed by atoms with Gasteiger partial charge in [-0.25, -0.2) is 8.42 Å². The van der Waals surface area contributed by atoms with Crippen LogP contribution < -0.4 is 23.8 Å². The highest BCUT2D eigenvalue weighted by molar-refractivity contribution is 7.92. The number of anilines is 1. The zero-order chi connectivity index (χ0) is 26.0. The molecule has 3 aromatic rings. The maximum atomic E-state index is 13.6. The third-order valence-corrected chi connectivity index (χ3v) is 7.25. The van der Waals surface area contributed by atoms with Crippen molar-refractivity contribution in [2.75, 3.05) is 38.2 Å². The van der Waals surface area contributed by atoms with Gasteiger partial charge < -0.3 is 19.5 Å². The van der Waals surface area contributed by atoms with Gasteiger partial charge in [-0.2, -0.15) is 0 Å². The number of methoxy groups -OCH3 is 2. The van der Waals surface area contributed by atoms with Crippen LogP contribution in [0.2, 0.25) is 0 Å². The molecule has 36 heavy (non-hydrogen) atoms. The van der Waals surface area contributed by atoms with Crippen molar-refractivity contribution in [3.63, 3.8) is 0 Å². The van der Waals surface area contributed by atoms with Crippen molar-refractivity contribution in [1.29, 1.82) is 0 Å². The minimum Gasteiger partial charge on any atom is -0.497 e.